The molecule has 0 aliphatic heterocycles. The number of halogens is 1. The molecule has 3 aromatic carbocycles. The largest absolute Gasteiger partial charge is 0.344 e. The number of fused-ring (bicyclic) bond motifs is 1. The second kappa shape index (κ2) is 11.0. The van der Waals surface area contributed by atoms with E-state index in [9.17, 15) is 9.59 Å². The van der Waals surface area contributed by atoms with Crippen LogP contribution in [0.15, 0.2) is 72.8 Å². The van der Waals surface area contributed by atoms with Crippen molar-refractivity contribution in [1.29, 1.82) is 0 Å². The fourth-order valence-corrected chi connectivity index (χ4v) is 5.16. The summed E-state index contributed by atoms with van der Waals surface area (Å²) in [5.74, 6) is -0.353. The Kier molecular flexibility index (Phi) is 7.80. The lowest BCUT2D eigenvalue weighted by atomic mass is 10.0. The number of anilines is 1. The maximum absolute atomic E-state index is 13.6. The van der Waals surface area contributed by atoms with Crippen LogP contribution in [0.25, 0.3) is 10.9 Å². The lowest BCUT2D eigenvalue weighted by Gasteiger charge is -2.25. The quantitative estimate of drug-likeness (QED) is 0.328. The van der Waals surface area contributed by atoms with Crippen LogP contribution in [0, 0.1) is 13.8 Å². The summed E-state index contributed by atoms with van der Waals surface area (Å²) in [6, 6.07) is 22.4. The maximum atomic E-state index is 13.6. The second-order valence-corrected chi connectivity index (χ2v) is 9.52. The lowest BCUT2D eigenvalue weighted by molar-refractivity contribution is -0.127. The standard InChI is InChI=1S/C30H32ClN3O2/c1-5-34-21(3)24(28-20(2)16-17-25(31)29(28)34)19-27(35)32-26(18-22-12-8-6-9-13-22)30(36)33(4)23-14-10-7-11-15-23/h6-17,26H,5,18-19H2,1-4H3,(H,32,35)/t26-/m0/s1. The van der Waals surface area contributed by atoms with Crippen LogP contribution in [0.1, 0.15) is 29.3 Å². The van der Waals surface area contributed by atoms with Crippen LogP contribution in [-0.2, 0) is 29.0 Å². The van der Waals surface area contributed by atoms with Crippen LogP contribution in [0.2, 0.25) is 5.02 Å². The van der Waals surface area contributed by atoms with Gasteiger partial charge in [0, 0.05) is 36.8 Å². The zero-order valence-electron chi connectivity index (χ0n) is 21.2. The Morgan fingerprint density at radius 3 is 2.25 bits per heavy atom. The molecule has 0 unspecified atom stereocenters. The van der Waals surface area contributed by atoms with Gasteiger partial charge < -0.3 is 14.8 Å². The number of aromatic nitrogens is 1. The average Bonchev–Trinajstić information content (AvgIpc) is 3.18. The molecule has 4 rings (SSSR count). The molecule has 4 aromatic rings. The summed E-state index contributed by atoms with van der Waals surface area (Å²) in [7, 11) is 1.74. The summed E-state index contributed by atoms with van der Waals surface area (Å²) in [5.41, 5.74) is 5.77. The predicted octanol–water partition coefficient (Wildman–Crippen LogP) is 5.86. The second-order valence-electron chi connectivity index (χ2n) is 9.12. The molecular weight excluding hydrogens is 470 g/mol. The van der Waals surface area contributed by atoms with Crippen LogP contribution < -0.4 is 10.2 Å². The first-order valence-electron chi connectivity index (χ1n) is 12.2. The Bertz CT molecular complexity index is 1380. The van der Waals surface area contributed by atoms with Crippen LogP contribution in [0.5, 0.6) is 0 Å². The molecule has 186 valence electrons. The van der Waals surface area contributed by atoms with E-state index in [-0.39, 0.29) is 18.2 Å². The van der Waals surface area contributed by atoms with Crippen molar-refractivity contribution < 1.29 is 9.59 Å². The Morgan fingerprint density at radius 1 is 0.972 bits per heavy atom. The van der Waals surface area contributed by atoms with Crippen molar-refractivity contribution >= 4 is 40.0 Å². The van der Waals surface area contributed by atoms with E-state index >= 15 is 0 Å². The lowest BCUT2D eigenvalue weighted by Crippen LogP contribution is -2.49. The topological polar surface area (TPSA) is 54.3 Å². The van der Waals surface area contributed by atoms with Gasteiger partial charge in [0.05, 0.1) is 17.0 Å². The molecular formula is C30H32ClN3O2. The summed E-state index contributed by atoms with van der Waals surface area (Å²) >= 11 is 6.57. The molecule has 1 heterocycles. The molecule has 5 nitrogen and oxygen atoms in total. The first kappa shape index (κ1) is 25.5. The fraction of sp³-hybridized carbons (Fsp3) is 0.267. The number of carbonyl (C=O) groups excluding carboxylic acids is 2. The number of benzene rings is 3. The first-order valence-corrected chi connectivity index (χ1v) is 12.6. The van der Waals surface area contributed by atoms with E-state index in [0.29, 0.717) is 11.4 Å². The van der Waals surface area contributed by atoms with E-state index in [0.717, 1.165) is 45.5 Å². The van der Waals surface area contributed by atoms with Gasteiger partial charge in [-0.05, 0) is 55.7 Å². The van der Waals surface area contributed by atoms with Crippen molar-refractivity contribution in [3.05, 3.63) is 100 Å². The molecule has 6 heteroatoms. The van der Waals surface area contributed by atoms with Gasteiger partial charge in [0.1, 0.15) is 6.04 Å². The van der Waals surface area contributed by atoms with Gasteiger partial charge in [-0.3, -0.25) is 9.59 Å². The van der Waals surface area contributed by atoms with Gasteiger partial charge in [0.15, 0.2) is 0 Å². The molecule has 1 atom stereocenters. The highest BCUT2D eigenvalue weighted by molar-refractivity contribution is 6.35. The Morgan fingerprint density at radius 2 is 1.61 bits per heavy atom. The van der Waals surface area contributed by atoms with Crippen molar-refractivity contribution in [2.75, 3.05) is 11.9 Å². The third-order valence-electron chi connectivity index (χ3n) is 6.79. The molecule has 0 saturated heterocycles. The molecule has 0 spiro atoms. The number of likely N-dealkylation sites (N-methyl/N-ethyl adjacent to an activating group) is 1. The molecule has 36 heavy (non-hydrogen) atoms. The van der Waals surface area contributed by atoms with E-state index in [1.807, 2.05) is 86.6 Å². The molecule has 0 bridgehead atoms. The highest BCUT2D eigenvalue weighted by Crippen LogP contribution is 2.34. The molecule has 2 amide bonds. The van der Waals surface area contributed by atoms with Gasteiger partial charge in [0.2, 0.25) is 11.8 Å². The number of hydrogen-bond acceptors (Lipinski definition) is 2. The Balaban J connectivity index is 1.64. The molecule has 0 aliphatic carbocycles. The van der Waals surface area contributed by atoms with Crippen molar-refractivity contribution in [3.63, 3.8) is 0 Å². The molecule has 1 aromatic heterocycles. The molecule has 0 aliphatic rings. The third kappa shape index (κ3) is 5.17. The number of para-hydroxylation sites is 1. The number of nitrogens with one attached hydrogen (secondary N) is 1. The summed E-state index contributed by atoms with van der Waals surface area (Å²) in [6.45, 7) is 6.89. The predicted molar refractivity (Wildman–Crippen MR) is 148 cm³/mol. The average molecular weight is 502 g/mol. The minimum Gasteiger partial charge on any atom is -0.344 e. The van der Waals surface area contributed by atoms with E-state index in [1.165, 1.54) is 0 Å². The van der Waals surface area contributed by atoms with Crippen molar-refractivity contribution in [2.24, 2.45) is 0 Å². The van der Waals surface area contributed by atoms with Gasteiger partial charge >= 0.3 is 0 Å². The number of rotatable bonds is 8. The Labute approximate surface area is 217 Å². The van der Waals surface area contributed by atoms with Gasteiger partial charge in [0.25, 0.3) is 0 Å². The summed E-state index contributed by atoms with van der Waals surface area (Å²) in [6.07, 6.45) is 0.577. The molecule has 0 fully saturated rings. The van der Waals surface area contributed by atoms with E-state index in [1.54, 1.807) is 11.9 Å². The third-order valence-corrected chi connectivity index (χ3v) is 7.10. The van der Waals surface area contributed by atoms with Crippen LogP contribution >= 0.6 is 11.6 Å². The van der Waals surface area contributed by atoms with Crippen LogP contribution in [0.3, 0.4) is 0 Å². The molecule has 1 N–H and O–H groups in total. The fourth-order valence-electron chi connectivity index (χ4n) is 4.90. The number of nitrogens with zero attached hydrogens (tertiary/aromatic N) is 2. The number of amides is 2. The Hall–Kier alpha value is -3.57. The first-order chi connectivity index (χ1) is 17.3. The van der Waals surface area contributed by atoms with Crippen molar-refractivity contribution in [3.8, 4) is 0 Å². The van der Waals surface area contributed by atoms with E-state index in [4.69, 9.17) is 11.6 Å². The number of carbonyl (C=O) groups is 2. The highest BCUT2D eigenvalue weighted by atomic mass is 35.5. The summed E-state index contributed by atoms with van der Waals surface area (Å²) < 4.78 is 2.16. The maximum Gasteiger partial charge on any atom is 0.249 e. The smallest absolute Gasteiger partial charge is 0.249 e. The zero-order valence-corrected chi connectivity index (χ0v) is 22.0. The monoisotopic (exact) mass is 501 g/mol. The van der Waals surface area contributed by atoms with Gasteiger partial charge in [-0.25, -0.2) is 0 Å². The summed E-state index contributed by atoms with van der Waals surface area (Å²) in [4.78, 5) is 28.6. The number of aryl methyl sites for hydroxylation is 2. The van der Waals surface area contributed by atoms with Crippen LogP contribution in [0.4, 0.5) is 5.69 Å². The molecule has 0 saturated carbocycles. The SMILES string of the molecule is CCn1c(C)c(CC(=O)N[C@@H](Cc2ccccc2)C(=O)N(C)c2ccccc2)c2c(C)ccc(Cl)c21. The van der Waals surface area contributed by atoms with E-state index < -0.39 is 6.04 Å². The van der Waals surface area contributed by atoms with Gasteiger partial charge in [-0.2, -0.15) is 0 Å². The normalized spacial score (nSPS) is 11.9. The van der Waals surface area contributed by atoms with E-state index in [2.05, 4.69) is 16.8 Å². The minimum atomic E-state index is -0.699. The van der Waals surface area contributed by atoms with Crippen molar-refractivity contribution in [2.45, 2.75) is 46.2 Å². The number of hydrogen-bond donors (Lipinski definition) is 1. The van der Waals surface area contributed by atoms with Gasteiger partial charge in [-0.15, -0.1) is 0 Å². The summed E-state index contributed by atoms with van der Waals surface area (Å²) in [5, 5.41) is 4.74. The van der Waals surface area contributed by atoms with Gasteiger partial charge in [-0.1, -0.05) is 66.2 Å². The molecule has 0 radical (unpaired) electrons. The highest BCUT2D eigenvalue weighted by Gasteiger charge is 2.27. The van der Waals surface area contributed by atoms with Crippen LogP contribution in [-0.4, -0.2) is 29.5 Å². The minimum absolute atomic E-state index is 0.162. The van der Waals surface area contributed by atoms with Crippen molar-refractivity contribution in [1.82, 2.24) is 9.88 Å². The zero-order chi connectivity index (χ0) is 25.8.